The molecule has 1 aromatic heterocycles. The molecule has 0 saturated heterocycles. The van der Waals surface area contributed by atoms with Gasteiger partial charge in [0.1, 0.15) is 5.69 Å². The van der Waals surface area contributed by atoms with E-state index in [-0.39, 0.29) is 24.1 Å². The van der Waals surface area contributed by atoms with Gasteiger partial charge in [-0.25, -0.2) is 4.79 Å². The Labute approximate surface area is 152 Å². The highest BCUT2D eigenvalue weighted by Crippen LogP contribution is 2.23. The number of para-hydroxylation sites is 1. The summed E-state index contributed by atoms with van der Waals surface area (Å²) in [7, 11) is 0. The monoisotopic (exact) mass is 350 g/mol. The van der Waals surface area contributed by atoms with E-state index in [0.29, 0.717) is 5.56 Å². The summed E-state index contributed by atoms with van der Waals surface area (Å²) in [6, 6.07) is 17.5. The molecule has 5 nitrogen and oxygen atoms in total. The first-order valence-corrected chi connectivity index (χ1v) is 8.70. The van der Waals surface area contributed by atoms with Gasteiger partial charge in [-0.05, 0) is 31.4 Å². The number of carboxylic acid groups (broad SMARTS) is 1. The van der Waals surface area contributed by atoms with Crippen LogP contribution in [0.15, 0.2) is 54.6 Å². The fraction of sp³-hybridized carbons (Fsp3) is 0.238. The standard InChI is InChI=1S/C21H22N2O3/c1-14(11-12-15-7-3-2-4-8-15)22-19(24)13-17-16-9-5-6-10-18(16)23-20(17)21(25)26/h2-10,14,23H,11-13H2,1H3,(H,22,24)(H,25,26). The molecule has 0 spiro atoms. The number of hydrogen-bond acceptors (Lipinski definition) is 2. The quantitative estimate of drug-likeness (QED) is 0.609. The summed E-state index contributed by atoms with van der Waals surface area (Å²) in [6.07, 6.45) is 1.76. The van der Waals surface area contributed by atoms with Crippen molar-refractivity contribution in [2.45, 2.75) is 32.2 Å². The van der Waals surface area contributed by atoms with Crippen molar-refractivity contribution in [3.8, 4) is 0 Å². The Hall–Kier alpha value is -3.08. The molecule has 0 aliphatic rings. The summed E-state index contributed by atoms with van der Waals surface area (Å²) in [5.41, 5.74) is 2.57. The summed E-state index contributed by atoms with van der Waals surface area (Å²) in [4.78, 5) is 26.8. The van der Waals surface area contributed by atoms with Gasteiger partial charge in [0.25, 0.3) is 0 Å². The van der Waals surface area contributed by atoms with Gasteiger partial charge in [0.2, 0.25) is 5.91 Å². The van der Waals surface area contributed by atoms with E-state index in [9.17, 15) is 14.7 Å². The maximum atomic E-state index is 12.4. The fourth-order valence-corrected chi connectivity index (χ4v) is 3.15. The lowest BCUT2D eigenvalue weighted by Crippen LogP contribution is -2.34. The van der Waals surface area contributed by atoms with E-state index in [1.165, 1.54) is 5.56 Å². The van der Waals surface area contributed by atoms with E-state index in [1.807, 2.05) is 49.4 Å². The smallest absolute Gasteiger partial charge is 0.352 e. The van der Waals surface area contributed by atoms with Crippen molar-refractivity contribution in [2.24, 2.45) is 0 Å². The van der Waals surface area contributed by atoms with Crippen LogP contribution in [-0.4, -0.2) is 28.0 Å². The van der Waals surface area contributed by atoms with Crippen molar-refractivity contribution in [2.75, 3.05) is 0 Å². The molecular formula is C21H22N2O3. The molecule has 1 atom stereocenters. The van der Waals surface area contributed by atoms with Crippen molar-refractivity contribution in [1.82, 2.24) is 10.3 Å². The van der Waals surface area contributed by atoms with Crippen LogP contribution in [0.5, 0.6) is 0 Å². The largest absolute Gasteiger partial charge is 0.477 e. The Morgan fingerprint density at radius 2 is 1.77 bits per heavy atom. The van der Waals surface area contributed by atoms with Crippen molar-refractivity contribution in [3.05, 3.63) is 71.4 Å². The van der Waals surface area contributed by atoms with Gasteiger partial charge in [-0.15, -0.1) is 0 Å². The second-order valence-electron chi connectivity index (χ2n) is 6.50. The minimum absolute atomic E-state index is 0.0150. The predicted molar refractivity (Wildman–Crippen MR) is 101 cm³/mol. The lowest BCUT2D eigenvalue weighted by molar-refractivity contribution is -0.121. The first-order chi connectivity index (χ1) is 12.5. The number of aromatic carboxylic acids is 1. The normalized spacial score (nSPS) is 12.0. The Kier molecular flexibility index (Phi) is 5.37. The number of hydrogen-bond donors (Lipinski definition) is 3. The average molecular weight is 350 g/mol. The van der Waals surface area contributed by atoms with Gasteiger partial charge >= 0.3 is 5.97 Å². The molecule has 0 aliphatic carbocycles. The summed E-state index contributed by atoms with van der Waals surface area (Å²) in [5.74, 6) is -1.22. The van der Waals surface area contributed by atoms with Gasteiger partial charge in [0, 0.05) is 22.5 Å². The predicted octanol–water partition coefficient (Wildman–Crippen LogP) is 3.55. The molecule has 26 heavy (non-hydrogen) atoms. The maximum Gasteiger partial charge on any atom is 0.352 e. The molecule has 3 aromatic rings. The van der Waals surface area contributed by atoms with Crippen LogP contribution in [0, 0.1) is 0 Å². The van der Waals surface area contributed by atoms with Crippen LogP contribution in [-0.2, 0) is 17.6 Å². The number of amides is 1. The molecule has 3 N–H and O–H groups in total. The highest BCUT2D eigenvalue weighted by molar-refractivity contribution is 6.00. The number of carboxylic acids is 1. The number of H-pyrrole nitrogens is 1. The fourth-order valence-electron chi connectivity index (χ4n) is 3.15. The van der Waals surface area contributed by atoms with Crippen LogP contribution in [0.3, 0.4) is 0 Å². The number of aryl methyl sites for hydroxylation is 1. The Morgan fingerprint density at radius 3 is 2.50 bits per heavy atom. The van der Waals surface area contributed by atoms with Crippen LogP contribution >= 0.6 is 0 Å². The second kappa shape index (κ2) is 7.87. The molecule has 3 rings (SSSR count). The molecule has 5 heteroatoms. The van der Waals surface area contributed by atoms with E-state index in [1.54, 1.807) is 0 Å². The number of carbonyl (C=O) groups is 2. The number of benzene rings is 2. The summed E-state index contributed by atoms with van der Waals surface area (Å²) in [5, 5.41) is 13.2. The van der Waals surface area contributed by atoms with Crippen molar-refractivity contribution in [1.29, 1.82) is 0 Å². The first kappa shape index (κ1) is 17.7. The summed E-state index contributed by atoms with van der Waals surface area (Å²) in [6.45, 7) is 1.97. The van der Waals surface area contributed by atoms with E-state index in [4.69, 9.17) is 0 Å². The van der Waals surface area contributed by atoms with Crippen molar-refractivity contribution < 1.29 is 14.7 Å². The Bertz CT molecular complexity index is 915. The zero-order valence-electron chi connectivity index (χ0n) is 14.7. The minimum atomic E-state index is -1.05. The lowest BCUT2D eigenvalue weighted by atomic mass is 10.0. The molecule has 0 bridgehead atoms. The molecule has 0 saturated carbocycles. The van der Waals surface area contributed by atoms with E-state index < -0.39 is 5.97 Å². The third kappa shape index (κ3) is 4.11. The Morgan fingerprint density at radius 1 is 1.08 bits per heavy atom. The Balaban J connectivity index is 1.65. The zero-order valence-corrected chi connectivity index (χ0v) is 14.7. The first-order valence-electron chi connectivity index (χ1n) is 8.70. The van der Waals surface area contributed by atoms with E-state index in [2.05, 4.69) is 22.4 Å². The molecule has 134 valence electrons. The average Bonchev–Trinajstić information content (AvgIpc) is 3.00. The maximum absolute atomic E-state index is 12.4. The number of fused-ring (bicyclic) bond motifs is 1. The minimum Gasteiger partial charge on any atom is -0.477 e. The van der Waals surface area contributed by atoms with Gasteiger partial charge in [-0.2, -0.15) is 0 Å². The molecule has 0 radical (unpaired) electrons. The zero-order chi connectivity index (χ0) is 18.5. The molecule has 1 unspecified atom stereocenters. The molecule has 1 amide bonds. The topological polar surface area (TPSA) is 82.2 Å². The van der Waals surface area contributed by atoms with Crippen LogP contribution < -0.4 is 5.32 Å². The van der Waals surface area contributed by atoms with E-state index in [0.717, 1.165) is 23.7 Å². The molecule has 1 heterocycles. The van der Waals surface area contributed by atoms with Gasteiger partial charge in [-0.3, -0.25) is 4.79 Å². The number of carbonyl (C=O) groups excluding carboxylic acids is 1. The van der Waals surface area contributed by atoms with Crippen molar-refractivity contribution in [3.63, 3.8) is 0 Å². The number of aromatic nitrogens is 1. The van der Waals surface area contributed by atoms with Crippen LogP contribution in [0.25, 0.3) is 10.9 Å². The molecule has 2 aromatic carbocycles. The van der Waals surface area contributed by atoms with Gasteiger partial charge in [0.15, 0.2) is 0 Å². The highest BCUT2D eigenvalue weighted by atomic mass is 16.4. The molecular weight excluding hydrogens is 328 g/mol. The van der Waals surface area contributed by atoms with Gasteiger partial charge in [-0.1, -0.05) is 48.5 Å². The number of rotatable bonds is 7. The molecule has 0 fully saturated rings. The third-order valence-electron chi connectivity index (χ3n) is 4.48. The molecule has 0 aliphatic heterocycles. The summed E-state index contributed by atoms with van der Waals surface area (Å²) < 4.78 is 0. The van der Waals surface area contributed by atoms with Crippen LogP contribution in [0.4, 0.5) is 0 Å². The van der Waals surface area contributed by atoms with Crippen molar-refractivity contribution >= 4 is 22.8 Å². The summed E-state index contributed by atoms with van der Waals surface area (Å²) >= 11 is 0. The second-order valence-corrected chi connectivity index (χ2v) is 6.50. The van der Waals surface area contributed by atoms with E-state index >= 15 is 0 Å². The van der Waals surface area contributed by atoms with Gasteiger partial charge in [0.05, 0.1) is 6.42 Å². The van der Waals surface area contributed by atoms with Crippen LogP contribution in [0.1, 0.15) is 35.0 Å². The highest BCUT2D eigenvalue weighted by Gasteiger charge is 2.19. The number of nitrogens with one attached hydrogen (secondary N) is 2. The van der Waals surface area contributed by atoms with Crippen LogP contribution in [0.2, 0.25) is 0 Å². The third-order valence-corrected chi connectivity index (χ3v) is 4.48. The van der Waals surface area contributed by atoms with Gasteiger partial charge < -0.3 is 15.4 Å². The lowest BCUT2D eigenvalue weighted by Gasteiger charge is -2.14. The SMILES string of the molecule is CC(CCc1ccccc1)NC(=O)Cc1c(C(=O)O)[nH]c2ccccc12. The number of aromatic amines is 1.